The van der Waals surface area contributed by atoms with E-state index >= 15 is 0 Å². The number of rotatable bonds is 3. The van der Waals surface area contributed by atoms with Crippen LogP contribution in [0, 0.1) is 13.8 Å². The van der Waals surface area contributed by atoms with E-state index in [4.69, 9.17) is 0 Å². The first-order valence-electron chi connectivity index (χ1n) is 7.63. The van der Waals surface area contributed by atoms with E-state index in [9.17, 15) is 15.0 Å². The molecule has 0 bridgehead atoms. The molecule has 2 aromatic heterocycles. The summed E-state index contributed by atoms with van der Waals surface area (Å²) in [5.74, 6) is -0.122. The molecule has 1 aliphatic rings. The van der Waals surface area contributed by atoms with Crippen molar-refractivity contribution in [3.63, 3.8) is 0 Å². The van der Waals surface area contributed by atoms with Crippen LogP contribution in [0.3, 0.4) is 0 Å². The maximum absolute atomic E-state index is 11.3. The van der Waals surface area contributed by atoms with Gasteiger partial charge in [0.05, 0.1) is 5.57 Å². The third kappa shape index (κ3) is 2.74. The Morgan fingerprint density at radius 3 is 2.50 bits per heavy atom. The van der Waals surface area contributed by atoms with E-state index in [-0.39, 0.29) is 5.57 Å². The van der Waals surface area contributed by atoms with Gasteiger partial charge in [0.15, 0.2) is 5.82 Å². The van der Waals surface area contributed by atoms with E-state index in [1.807, 2.05) is 32.9 Å². The Bertz CT molecular complexity index is 827. The summed E-state index contributed by atoms with van der Waals surface area (Å²) in [6, 6.07) is 3.78. The third-order valence-corrected chi connectivity index (χ3v) is 3.88. The largest absolute Gasteiger partial charge is 0.478 e. The quantitative estimate of drug-likeness (QED) is 0.890. The van der Waals surface area contributed by atoms with Crippen molar-refractivity contribution in [2.45, 2.75) is 26.9 Å². The SMILES string of the molecule is CCN1C=C(C(=O)O)C(O)c2cnc(-c3cc(C)nc(C)c3)nc21. The Labute approximate surface area is 139 Å². The van der Waals surface area contributed by atoms with Crippen LogP contribution in [0.5, 0.6) is 0 Å². The Morgan fingerprint density at radius 1 is 1.25 bits per heavy atom. The Balaban J connectivity index is 2.11. The molecule has 0 saturated carbocycles. The van der Waals surface area contributed by atoms with Crippen molar-refractivity contribution in [1.29, 1.82) is 0 Å². The van der Waals surface area contributed by atoms with Crippen molar-refractivity contribution >= 4 is 11.8 Å². The third-order valence-electron chi connectivity index (χ3n) is 3.88. The molecule has 0 radical (unpaired) electrons. The molecule has 1 unspecified atom stereocenters. The zero-order valence-corrected chi connectivity index (χ0v) is 13.7. The highest BCUT2D eigenvalue weighted by atomic mass is 16.4. The highest BCUT2D eigenvalue weighted by Crippen LogP contribution is 2.35. The molecule has 0 aromatic carbocycles. The molecule has 0 aliphatic carbocycles. The number of fused-ring (bicyclic) bond motifs is 1. The first-order chi connectivity index (χ1) is 11.4. The van der Waals surface area contributed by atoms with Crippen LogP contribution < -0.4 is 4.90 Å². The molecule has 7 heteroatoms. The normalized spacial score (nSPS) is 16.6. The summed E-state index contributed by atoms with van der Waals surface area (Å²) >= 11 is 0. The molecular weight excluding hydrogens is 308 g/mol. The minimum atomic E-state index is -1.24. The van der Waals surface area contributed by atoms with Crippen LogP contribution in [-0.2, 0) is 4.79 Å². The van der Waals surface area contributed by atoms with Gasteiger partial charge in [-0.15, -0.1) is 0 Å². The highest BCUT2D eigenvalue weighted by Gasteiger charge is 2.31. The number of aliphatic hydroxyl groups is 1. The van der Waals surface area contributed by atoms with E-state index in [1.54, 1.807) is 4.90 Å². The van der Waals surface area contributed by atoms with Gasteiger partial charge in [0.25, 0.3) is 0 Å². The summed E-state index contributed by atoms with van der Waals surface area (Å²) in [4.78, 5) is 26.2. The minimum Gasteiger partial charge on any atom is -0.478 e. The molecule has 3 heterocycles. The number of pyridine rings is 1. The monoisotopic (exact) mass is 326 g/mol. The van der Waals surface area contributed by atoms with Crippen molar-refractivity contribution in [2.24, 2.45) is 0 Å². The van der Waals surface area contributed by atoms with Gasteiger partial charge in [0, 0.05) is 41.5 Å². The summed E-state index contributed by atoms with van der Waals surface area (Å²) in [5.41, 5.74) is 2.87. The molecule has 2 aromatic rings. The predicted molar refractivity (Wildman–Crippen MR) is 88.4 cm³/mol. The number of aliphatic carboxylic acids is 1. The number of carbonyl (C=O) groups is 1. The number of carboxylic acids is 1. The summed E-state index contributed by atoms with van der Waals surface area (Å²) in [6.07, 6.45) is 1.68. The molecule has 0 amide bonds. The number of aliphatic hydroxyl groups excluding tert-OH is 1. The number of aromatic nitrogens is 3. The van der Waals surface area contributed by atoms with Gasteiger partial charge < -0.3 is 15.1 Å². The van der Waals surface area contributed by atoms with E-state index in [1.165, 1.54) is 12.4 Å². The second-order valence-corrected chi connectivity index (χ2v) is 5.69. The second-order valence-electron chi connectivity index (χ2n) is 5.69. The number of aryl methyl sites for hydroxylation is 2. The van der Waals surface area contributed by atoms with Crippen molar-refractivity contribution < 1.29 is 15.0 Å². The highest BCUT2D eigenvalue weighted by molar-refractivity contribution is 5.90. The molecule has 24 heavy (non-hydrogen) atoms. The molecule has 0 saturated heterocycles. The molecule has 0 fully saturated rings. The maximum Gasteiger partial charge on any atom is 0.336 e. The molecule has 7 nitrogen and oxygen atoms in total. The lowest BCUT2D eigenvalue weighted by atomic mass is 10.0. The summed E-state index contributed by atoms with van der Waals surface area (Å²) < 4.78 is 0. The lowest BCUT2D eigenvalue weighted by Crippen LogP contribution is -2.28. The number of anilines is 1. The first-order valence-corrected chi connectivity index (χ1v) is 7.63. The zero-order chi connectivity index (χ0) is 17.4. The van der Waals surface area contributed by atoms with E-state index < -0.39 is 12.1 Å². The number of hydrogen-bond acceptors (Lipinski definition) is 6. The van der Waals surface area contributed by atoms with Gasteiger partial charge in [0.1, 0.15) is 11.9 Å². The van der Waals surface area contributed by atoms with E-state index in [0.717, 1.165) is 17.0 Å². The van der Waals surface area contributed by atoms with Crippen LogP contribution in [0.1, 0.15) is 30.0 Å². The molecule has 1 aliphatic heterocycles. The first kappa shape index (κ1) is 16.1. The molecule has 124 valence electrons. The van der Waals surface area contributed by atoms with Gasteiger partial charge in [0.2, 0.25) is 0 Å². The average Bonchev–Trinajstić information content (AvgIpc) is 2.53. The van der Waals surface area contributed by atoms with Crippen LogP contribution in [0.2, 0.25) is 0 Å². The molecule has 3 rings (SSSR count). The zero-order valence-electron chi connectivity index (χ0n) is 13.7. The summed E-state index contributed by atoms with van der Waals surface area (Å²) in [5, 5.41) is 19.5. The fraction of sp³-hybridized carbons (Fsp3) is 0.294. The number of hydrogen-bond donors (Lipinski definition) is 2. The van der Waals surface area contributed by atoms with E-state index in [0.29, 0.717) is 23.8 Å². The Kier molecular flexibility index (Phi) is 4.02. The fourth-order valence-corrected chi connectivity index (χ4v) is 2.79. The summed E-state index contributed by atoms with van der Waals surface area (Å²) in [6.45, 7) is 6.22. The Morgan fingerprint density at radius 2 is 1.92 bits per heavy atom. The fourth-order valence-electron chi connectivity index (χ4n) is 2.79. The lowest BCUT2D eigenvalue weighted by Gasteiger charge is -2.29. The van der Waals surface area contributed by atoms with Crippen LogP contribution >= 0.6 is 0 Å². The van der Waals surface area contributed by atoms with Gasteiger partial charge in [-0.25, -0.2) is 14.8 Å². The standard InChI is InChI=1S/C17H18N4O3/c1-4-21-8-13(17(23)24)14(22)12-7-18-15(20-16(12)21)11-5-9(2)19-10(3)6-11/h5-8,14,22H,4H2,1-3H3,(H,23,24). The number of carboxylic acid groups (broad SMARTS) is 1. The smallest absolute Gasteiger partial charge is 0.336 e. The molecular formula is C17H18N4O3. The van der Waals surface area contributed by atoms with Crippen molar-refractivity contribution in [3.05, 3.63) is 47.1 Å². The maximum atomic E-state index is 11.3. The second kappa shape index (κ2) is 6.01. The van der Waals surface area contributed by atoms with Crippen molar-refractivity contribution in [2.75, 3.05) is 11.4 Å². The molecule has 0 spiro atoms. The van der Waals surface area contributed by atoms with E-state index in [2.05, 4.69) is 15.0 Å². The van der Waals surface area contributed by atoms with Gasteiger partial charge in [-0.1, -0.05) is 0 Å². The lowest BCUT2D eigenvalue weighted by molar-refractivity contribution is -0.133. The minimum absolute atomic E-state index is 0.0868. The average molecular weight is 326 g/mol. The molecule has 2 N–H and O–H groups in total. The van der Waals surface area contributed by atoms with Crippen LogP contribution in [0.25, 0.3) is 11.4 Å². The van der Waals surface area contributed by atoms with Crippen LogP contribution in [0.15, 0.2) is 30.1 Å². The van der Waals surface area contributed by atoms with Crippen molar-refractivity contribution in [3.8, 4) is 11.4 Å². The van der Waals surface area contributed by atoms with Crippen molar-refractivity contribution in [1.82, 2.24) is 15.0 Å². The Hall–Kier alpha value is -2.80. The molecule has 1 atom stereocenters. The van der Waals surface area contributed by atoms with Crippen LogP contribution in [-0.4, -0.2) is 37.7 Å². The predicted octanol–water partition coefficient (Wildman–Crippen LogP) is 2.00. The topological polar surface area (TPSA) is 99.4 Å². The van der Waals surface area contributed by atoms with Gasteiger partial charge in [-0.2, -0.15) is 0 Å². The summed E-state index contributed by atoms with van der Waals surface area (Å²) in [7, 11) is 0. The van der Waals surface area contributed by atoms with Crippen LogP contribution in [0.4, 0.5) is 5.82 Å². The van der Waals surface area contributed by atoms with Gasteiger partial charge >= 0.3 is 5.97 Å². The number of nitrogens with zero attached hydrogens (tertiary/aromatic N) is 4. The van der Waals surface area contributed by atoms with Gasteiger partial charge in [-0.3, -0.25) is 4.98 Å². The van der Waals surface area contributed by atoms with Gasteiger partial charge in [-0.05, 0) is 32.9 Å².